The van der Waals surface area contributed by atoms with Crippen molar-refractivity contribution in [1.29, 1.82) is 0 Å². The lowest BCUT2D eigenvalue weighted by Gasteiger charge is -2.35. The summed E-state index contributed by atoms with van der Waals surface area (Å²) in [5, 5.41) is 11.0. The van der Waals surface area contributed by atoms with Crippen molar-refractivity contribution in [2.45, 2.75) is 51.5 Å². The van der Waals surface area contributed by atoms with E-state index in [2.05, 4.69) is 56.5 Å². The van der Waals surface area contributed by atoms with Crippen molar-refractivity contribution < 1.29 is 9.90 Å². The molecular weight excluding hydrogens is 460 g/mol. The highest BCUT2D eigenvalue weighted by molar-refractivity contribution is 5.99. The third kappa shape index (κ3) is 4.66. The third-order valence-corrected chi connectivity index (χ3v) is 9.06. The number of aromatic carboxylic acids is 1. The number of para-hydroxylation sites is 1. The van der Waals surface area contributed by atoms with Crippen molar-refractivity contribution in [3.63, 3.8) is 0 Å². The highest BCUT2D eigenvalue weighted by Gasteiger charge is 2.30. The van der Waals surface area contributed by atoms with Gasteiger partial charge < -0.3 is 19.5 Å². The molecule has 0 amide bonds. The molecule has 1 N–H and O–H groups in total. The zero-order valence-electron chi connectivity index (χ0n) is 22.2. The average Bonchev–Trinajstić information content (AvgIpc) is 3.18. The molecule has 0 spiro atoms. The molecule has 6 nitrogen and oxygen atoms in total. The van der Waals surface area contributed by atoms with Crippen LogP contribution in [0.25, 0.3) is 22.2 Å². The molecule has 0 radical (unpaired) electrons. The van der Waals surface area contributed by atoms with E-state index in [-0.39, 0.29) is 0 Å². The number of fused-ring (bicyclic) bond motifs is 5. The van der Waals surface area contributed by atoms with E-state index < -0.39 is 5.97 Å². The van der Waals surface area contributed by atoms with Crippen LogP contribution in [-0.4, -0.2) is 77.8 Å². The zero-order chi connectivity index (χ0) is 25.4. The summed E-state index contributed by atoms with van der Waals surface area (Å²) in [6.45, 7) is 11.9. The van der Waals surface area contributed by atoms with E-state index >= 15 is 0 Å². The first-order valence-corrected chi connectivity index (χ1v) is 14.3. The smallest absolute Gasteiger partial charge is 0.335 e. The Kier molecular flexibility index (Phi) is 6.96. The molecule has 0 atom stereocenters. The van der Waals surface area contributed by atoms with Crippen molar-refractivity contribution in [3.05, 3.63) is 53.6 Å². The number of aromatic nitrogens is 1. The third-order valence-electron chi connectivity index (χ3n) is 9.06. The van der Waals surface area contributed by atoms with Crippen LogP contribution in [0, 0.1) is 0 Å². The highest BCUT2D eigenvalue weighted by Crippen LogP contribution is 2.47. The Hall–Kier alpha value is -2.83. The number of hydrogen-bond donors (Lipinski definition) is 1. The summed E-state index contributed by atoms with van der Waals surface area (Å²) in [6, 6.07) is 14.7. The molecule has 6 heteroatoms. The molecule has 3 aromatic rings. The maximum absolute atomic E-state index is 11.9. The molecule has 1 saturated heterocycles. The number of benzene rings is 2. The summed E-state index contributed by atoms with van der Waals surface area (Å²) in [5.74, 6) is -0.312. The van der Waals surface area contributed by atoms with Gasteiger partial charge >= 0.3 is 5.97 Å². The number of piperazine rings is 1. The fraction of sp³-hybridized carbons (Fsp3) is 0.516. The standard InChI is InChI=1S/C31H40N4O2/c1-2-32-14-16-33(17-15-32)18-19-34-20-21-35-28-22-24(31(36)37)12-13-25(28)29(23-8-4-3-5-9-23)30(35)26-10-6-7-11-27(26)34/h6-7,10-13,22-23H,2-5,8-9,14-21H2,1H3,(H,36,37). The van der Waals surface area contributed by atoms with Gasteiger partial charge in [-0.25, -0.2) is 4.79 Å². The van der Waals surface area contributed by atoms with Crippen LogP contribution in [0.3, 0.4) is 0 Å². The molecular formula is C31H40N4O2. The molecule has 0 bridgehead atoms. The lowest BCUT2D eigenvalue weighted by Crippen LogP contribution is -2.48. The molecule has 2 aromatic carbocycles. The topological polar surface area (TPSA) is 52.0 Å². The van der Waals surface area contributed by atoms with Crippen molar-refractivity contribution in [1.82, 2.24) is 14.4 Å². The number of carboxylic acids is 1. The Morgan fingerprint density at radius 1 is 0.892 bits per heavy atom. The van der Waals surface area contributed by atoms with Crippen LogP contribution >= 0.6 is 0 Å². The van der Waals surface area contributed by atoms with Gasteiger partial charge in [-0.05, 0) is 49.1 Å². The van der Waals surface area contributed by atoms with Crippen molar-refractivity contribution in [2.75, 3.05) is 57.3 Å². The van der Waals surface area contributed by atoms with Gasteiger partial charge in [0.05, 0.1) is 11.3 Å². The fourth-order valence-electron chi connectivity index (χ4n) is 6.95. The van der Waals surface area contributed by atoms with Gasteiger partial charge in [-0.15, -0.1) is 0 Å². The lowest BCUT2D eigenvalue weighted by molar-refractivity contribution is 0.0697. The van der Waals surface area contributed by atoms with Crippen LogP contribution in [0.5, 0.6) is 0 Å². The first kappa shape index (κ1) is 24.5. The number of carboxylic acid groups (broad SMARTS) is 1. The highest BCUT2D eigenvalue weighted by atomic mass is 16.4. The average molecular weight is 501 g/mol. The maximum Gasteiger partial charge on any atom is 0.335 e. The fourth-order valence-corrected chi connectivity index (χ4v) is 6.95. The van der Waals surface area contributed by atoms with Gasteiger partial charge in [-0.1, -0.05) is 50.5 Å². The maximum atomic E-state index is 11.9. The first-order valence-electron chi connectivity index (χ1n) is 14.3. The van der Waals surface area contributed by atoms with Crippen LogP contribution in [0.4, 0.5) is 5.69 Å². The second kappa shape index (κ2) is 10.5. The number of anilines is 1. The molecule has 1 aliphatic carbocycles. The molecule has 37 heavy (non-hydrogen) atoms. The van der Waals surface area contributed by atoms with E-state index in [9.17, 15) is 9.90 Å². The van der Waals surface area contributed by atoms with Crippen molar-refractivity contribution in [2.24, 2.45) is 0 Å². The van der Waals surface area contributed by atoms with Gasteiger partial charge in [-0.3, -0.25) is 4.90 Å². The van der Waals surface area contributed by atoms with E-state index in [1.807, 2.05) is 6.07 Å². The van der Waals surface area contributed by atoms with Gasteiger partial charge in [0.1, 0.15) is 0 Å². The van der Waals surface area contributed by atoms with Crippen LogP contribution < -0.4 is 4.90 Å². The van der Waals surface area contributed by atoms with Crippen LogP contribution in [0.1, 0.15) is 60.9 Å². The Morgan fingerprint density at radius 3 is 2.41 bits per heavy atom. The molecule has 196 valence electrons. The van der Waals surface area contributed by atoms with Gasteiger partial charge in [-0.2, -0.15) is 0 Å². The second-order valence-electron chi connectivity index (χ2n) is 11.1. The van der Waals surface area contributed by atoms with E-state index in [1.165, 1.54) is 73.1 Å². The van der Waals surface area contributed by atoms with E-state index in [4.69, 9.17) is 0 Å². The Bertz CT molecular complexity index is 1270. The van der Waals surface area contributed by atoms with Crippen molar-refractivity contribution in [3.8, 4) is 11.3 Å². The quantitative estimate of drug-likeness (QED) is 0.484. The van der Waals surface area contributed by atoms with Gasteiger partial charge in [0, 0.05) is 74.5 Å². The summed E-state index contributed by atoms with van der Waals surface area (Å²) in [7, 11) is 0. The number of nitrogens with zero attached hydrogens (tertiary/aromatic N) is 4. The second-order valence-corrected chi connectivity index (χ2v) is 11.1. The van der Waals surface area contributed by atoms with E-state index in [0.29, 0.717) is 11.5 Å². The molecule has 2 aliphatic heterocycles. The molecule has 1 saturated carbocycles. The first-order chi connectivity index (χ1) is 18.1. The van der Waals surface area contributed by atoms with E-state index in [0.717, 1.165) is 51.3 Å². The van der Waals surface area contributed by atoms with E-state index in [1.54, 1.807) is 6.07 Å². The zero-order valence-corrected chi connectivity index (χ0v) is 22.2. The van der Waals surface area contributed by atoms with Gasteiger partial charge in [0.15, 0.2) is 0 Å². The normalized spacial score (nSPS) is 19.5. The monoisotopic (exact) mass is 500 g/mol. The number of likely N-dealkylation sites (N-methyl/N-ethyl adjacent to an activating group) is 1. The van der Waals surface area contributed by atoms with Gasteiger partial charge in [0.25, 0.3) is 0 Å². The summed E-state index contributed by atoms with van der Waals surface area (Å²) in [5.41, 5.74) is 6.89. The molecule has 0 unspecified atom stereocenters. The van der Waals surface area contributed by atoms with Gasteiger partial charge in [0.2, 0.25) is 0 Å². The summed E-state index contributed by atoms with van der Waals surface area (Å²) < 4.78 is 2.45. The number of hydrogen-bond acceptors (Lipinski definition) is 4. The lowest BCUT2D eigenvalue weighted by atomic mass is 9.81. The molecule has 6 rings (SSSR count). The van der Waals surface area contributed by atoms with Crippen molar-refractivity contribution >= 4 is 22.6 Å². The Morgan fingerprint density at radius 2 is 1.65 bits per heavy atom. The Labute approximate surface area is 220 Å². The minimum Gasteiger partial charge on any atom is -0.478 e. The van der Waals surface area contributed by atoms with Crippen LogP contribution in [0.15, 0.2) is 42.5 Å². The minimum absolute atomic E-state index is 0.378. The molecule has 3 heterocycles. The SMILES string of the molecule is CCN1CCN(CCN2CCn3c(c(C4CCCCC4)c4ccc(C(=O)O)cc43)-c3ccccc32)CC1. The Balaban J connectivity index is 1.39. The largest absolute Gasteiger partial charge is 0.478 e. The predicted octanol–water partition coefficient (Wildman–Crippen LogP) is 5.51. The van der Waals surface area contributed by atoms with Crippen LogP contribution in [-0.2, 0) is 6.54 Å². The predicted molar refractivity (Wildman–Crippen MR) is 151 cm³/mol. The molecule has 1 aromatic heterocycles. The summed E-state index contributed by atoms with van der Waals surface area (Å²) >= 11 is 0. The van der Waals surface area contributed by atoms with Crippen LogP contribution in [0.2, 0.25) is 0 Å². The minimum atomic E-state index is -0.851. The molecule has 3 aliphatic rings. The number of carbonyl (C=O) groups is 1. The summed E-state index contributed by atoms with van der Waals surface area (Å²) in [6.07, 6.45) is 6.33. The summed E-state index contributed by atoms with van der Waals surface area (Å²) in [4.78, 5) is 19.6. The number of rotatable bonds is 6. The molecule has 2 fully saturated rings.